The monoisotopic (exact) mass is 367 g/mol. The van der Waals surface area contributed by atoms with Crippen LogP contribution in [0.2, 0.25) is 0 Å². The second-order valence-corrected chi connectivity index (χ2v) is 7.21. The van der Waals surface area contributed by atoms with Crippen molar-refractivity contribution in [1.82, 2.24) is 24.0 Å². The standard InChI is InChI=1S/C20H25N5O2/c1-14-18(20(27)25(22(14)3)16-7-5-4-6-8-16)13-23-9-10-24-17(12-23)11-19(21-24)15(2)26/h4-8,11,15,26H,9-10,12-13H2,1-3H3/t15-/m0/s1. The summed E-state index contributed by atoms with van der Waals surface area (Å²) in [5.41, 5.74) is 4.49. The third kappa shape index (κ3) is 3.13. The first kappa shape index (κ1) is 17.8. The third-order valence-electron chi connectivity index (χ3n) is 5.38. The van der Waals surface area contributed by atoms with Crippen LogP contribution in [-0.4, -0.2) is 35.7 Å². The fourth-order valence-corrected chi connectivity index (χ4v) is 3.71. The molecule has 1 atom stereocenters. The first-order valence-electron chi connectivity index (χ1n) is 9.25. The summed E-state index contributed by atoms with van der Waals surface area (Å²) in [7, 11) is 1.92. The summed E-state index contributed by atoms with van der Waals surface area (Å²) in [6, 6.07) is 11.7. The van der Waals surface area contributed by atoms with Crippen molar-refractivity contribution in [3.63, 3.8) is 0 Å². The van der Waals surface area contributed by atoms with Gasteiger partial charge in [0, 0.05) is 32.4 Å². The van der Waals surface area contributed by atoms with Gasteiger partial charge in [0.25, 0.3) is 5.56 Å². The fourth-order valence-electron chi connectivity index (χ4n) is 3.71. The van der Waals surface area contributed by atoms with E-state index in [2.05, 4.69) is 10.00 Å². The van der Waals surface area contributed by atoms with Crippen molar-refractivity contribution in [2.75, 3.05) is 6.54 Å². The zero-order valence-electron chi connectivity index (χ0n) is 16.0. The molecule has 0 bridgehead atoms. The highest BCUT2D eigenvalue weighted by Crippen LogP contribution is 2.20. The number of aliphatic hydroxyl groups excluding tert-OH is 1. The molecule has 142 valence electrons. The average molecular weight is 367 g/mol. The summed E-state index contributed by atoms with van der Waals surface area (Å²) in [4.78, 5) is 15.4. The van der Waals surface area contributed by atoms with E-state index in [-0.39, 0.29) is 5.56 Å². The summed E-state index contributed by atoms with van der Waals surface area (Å²) in [6.07, 6.45) is -0.564. The summed E-state index contributed by atoms with van der Waals surface area (Å²) in [5.74, 6) is 0. The van der Waals surface area contributed by atoms with Crippen LogP contribution in [0.1, 0.15) is 35.7 Å². The molecule has 7 heteroatoms. The molecule has 0 fully saturated rings. The molecule has 0 saturated carbocycles. The molecule has 0 unspecified atom stereocenters. The van der Waals surface area contributed by atoms with Gasteiger partial charge in [0.15, 0.2) is 0 Å². The Kier molecular flexibility index (Phi) is 4.49. The van der Waals surface area contributed by atoms with Gasteiger partial charge in [-0.05, 0) is 32.0 Å². The Labute approximate surface area is 158 Å². The number of hydrogen-bond acceptors (Lipinski definition) is 4. The van der Waals surface area contributed by atoms with Gasteiger partial charge in [-0.25, -0.2) is 4.68 Å². The SMILES string of the molecule is Cc1c(CN2CCn3nc([C@H](C)O)cc3C2)c(=O)n(-c2ccccc2)n1C. The third-order valence-corrected chi connectivity index (χ3v) is 5.38. The first-order chi connectivity index (χ1) is 13.0. The minimum absolute atomic E-state index is 0.0324. The molecular weight excluding hydrogens is 342 g/mol. The lowest BCUT2D eigenvalue weighted by molar-refractivity contribution is 0.189. The predicted molar refractivity (Wildman–Crippen MR) is 103 cm³/mol. The number of fused-ring (bicyclic) bond motifs is 1. The van der Waals surface area contributed by atoms with Crippen molar-refractivity contribution >= 4 is 0 Å². The normalized spacial score (nSPS) is 15.7. The van der Waals surface area contributed by atoms with Gasteiger partial charge in [0.1, 0.15) is 0 Å². The summed E-state index contributed by atoms with van der Waals surface area (Å²) < 4.78 is 5.61. The summed E-state index contributed by atoms with van der Waals surface area (Å²) in [6.45, 7) is 6.64. The van der Waals surface area contributed by atoms with Crippen molar-refractivity contribution in [3.05, 3.63) is 69.4 Å². The molecule has 7 nitrogen and oxygen atoms in total. The molecule has 27 heavy (non-hydrogen) atoms. The van der Waals surface area contributed by atoms with E-state index < -0.39 is 6.10 Å². The zero-order chi connectivity index (χ0) is 19.1. The quantitative estimate of drug-likeness (QED) is 0.763. The highest BCUT2D eigenvalue weighted by molar-refractivity contribution is 5.33. The minimum Gasteiger partial charge on any atom is -0.387 e. The summed E-state index contributed by atoms with van der Waals surface area (Å²) in [5, 5.41) is 14.2. The number of nitrogens with zero attached hydrogens (tertiary/aromatic N) is 5. The van der Waals surface area contributed by atoms with E-state index in [1.165, 1.54) is 0 Å². The highest BCUT2D eigenvalue weighted by atomic mass is 16.3. The molecule has 0 saturated heterocycles. The van der Waals surface area contributed by atoms with E-state index in [1.54, 1.807) is 11.6 Å². The highest BCUT2D eigenvalue weighted by Gasteiger charge is 2.23. The molecule has 0 amide bonds. The molecule has 2 aromatic heterocycles. The van der Waals surface area contributed by atoms with Gasteiger partial charge in [-0.1, -0.05) is 18.2 Å². The number of aromatic nitrogens is 4. The second kappa shape index (κ2) is 6.83. The number of rotatable bonds is 4. The van der Waals surface area contributed by atoms with Crippen molar-refractivity contribution in [1.29, 1.82) is 0 Å². The maximum absolute atomic E-state index is 13.1. The molecule has 4 rings (SSSR count). The fraction of sp³-hybridized carbons (Fsp3) is 0.400. The van der Waals surface area contributed by atoms with Crippen molar-refractivity contribution < 1.29 is 5.11 Å². The van der Waals surface area contributed by atoms with E-state index in [0.29, 0.717) is 12.2 Å². The number of hydrogen-bond donors (Lipinski definition) is 1. The van der Waals surface area contributed by atoms with Crippen LogP contribution < -0.4 is 5.56 Å². The summed E-state index contributed by atoms with van der Waals surface area (Å²) >= 11 is 0. The number of para-hydroxylation sites is 1. The van der Waals surface area contributed by atoms with Crippen LogP contribution in [0.25, 0.3) is 5.69 Å². The van der Waals surface area contributed by atoms with Gasteiger partial charge in [-0.3, -0.25) is 19.1 Å². The van der Waals surface area contributed by atoms with Gasteiger partial charge in [-0.15, -0.1) is 0 Å². The van der Waals surface area contributed by atoms with E-state index in [0.717, 1.165) is 42.3 Å². The van der Waals surface area contributed by atoms with Gasteiger partial charge >= 0.3 is 0 Å². The Morgan fingerprint density at radius 3 is 2.67 bits per heavy atom. The van der Waals surface area contributed by atoms with Gasteiger partial charge in [0.05, 0.1) is 35.3 Å². The smallest absolute Gasteiger partial charge is 0.276 e. The molecule has 0 aliphatic carbocycles. The Bertz CT molecular complexity index is 1010. The van der Waals surface area contributed by atoms with Crippen LogP contribution in [-0.2, 0) is 26.7 Å². The van der Waals surface area contributed by atoms with Crippen LogP contribution in [0, 0.1) is 6.92 Å². The minimum atomic E-state index is -0.564. The molecule has 1 aliphatic rings. The molecule has 1 aromatic carbocycles. The molecule has 3 aromatic rings. The van der Waals surface area contributed by atoms with Crippen LogP contribution in [0.3, 0.4) is 0 Å². The second-order valence-electron chi connectivity index (χ2n) is 7.21. The van der Waals surface area contributed by atoms with E-state index >= 15 is 0 Å². The lowest BCUT2D eigenvalue weighted by atomic mass is 10.2. The van der Waals surface area contributed by atoms with E-state index in [9.17, 15) is 9.90 Å². The average Bonchev–Trinajstić information content (AvgIpc) is 3.17. The molecule has 1 aliphatic heterocycles. The Morgan fingerprint density at radius 1 is 1.22 bits per heavy atom. The molecular formula is C20H25N5O2. The van der Waals surface area contributed by atoms with Crippen LogP contribution in [0.15, 0.2) is 41.2 Å². The van der Waals surface area contributed by atoms with Gasteiger partial charge < -0.3 is 5.11 Å². The van der Waals surface area contributed by atoms with Crippen LogP contribution in [0.4, 0.5) is 0 Å². The Morgan fingerprint density at radius 2 is 1.96 bits per heavy atom. The predicted octanol–water partition coefficient (Wildman–Crippen LogP) is 1.75. The van der Waals surface area contributed by atoms with Crippen LogP contribution >= 0.6 is 0 Å². The largest absolute Gasteiger partial charge is 0.387 e. The Hall–Kier alpha value is -2.64. The maximum atomic E-state index is 13.1. The molecule has 3 heterocycles. The molecule has 0 spiro atoms. The van der Waals surface area contributed by atoms with E-state index in [4.69, 9.17) is 0 Å². The molecule has 0 radical (unpaired) electrons. The zero-order valence-corrected chi connectivity index (χ0v) is 16.0. The van der Waals surface area contributed by atoms with Gasteiger partial charge in [0.2, 0.25) is 0 Å². The number of aliphatic hydroxyl groups is 1. The molecule has 1 N–H and O–H groups in total. The number of benzene rings is 1. The lowest BCUT2D eigenvalue weighted by Gasteiger charge is -2.27. The van der Waals surface area contributed by atoms with Crippen molar-refractivity contribution in [3.8, 4) is 5.69 Å². The lowest BCUT2D eigenvalue weighted by Crippen LogP contribution is -2.35. The van der Waals surface area contributed by atoms with E-state index in [1.807, 2.05) is 59.7 Å². The van der Waals surface area contributed by atoms with Crippen molar-refractivity contribution in [2.24, 2.45) is 7.05 Å². The van der Waals surface area contributed by atoms with Crippen LogP contribution in [0.5, 0.6) is 0 Å². The van der Waals surface area contributed by atoms with Crippen molar-refractivity contribution in [2.45, 2.75) is 39.6 Å². The Balaban J connectivity index is 1.61. The topological polar surface area (TPSA) is 68.2 Å². The first-order valence-corrected chi connectivity index (χ1v) is 9.25. The maximum Gasteiger partial charge on any atom is 0.276 e. The van der Waals surface area contributed by atoms with Gasteiger partial charge in [-0.2, -0.15) is 5.10 Å².